The summed E-state index contributed by atoms with van der Waals surface area (Å²) in [5.74, 6) is -0.215. The van der Waals surface area contributed by atoms with Crippen molar-refractivity contribution < 1.29 is 9.53 Å². The van der Waals surface area contributed by atoms with Crippen LogP contribution in [-0.4, -0.2) is 50.7 Å². The zero-order valence-electron chi connectivity index (χ0n) is 11.2. The van der Waals surface area contributed by atoms with Gasteiger partial charge in [-0.3, -0.25) is 0 Å². The molecular weight excluding hydrogens is 216 g/mol. The molecule has 1 heterocycles. The molecule has 0 saturated carbocycles. The molecule has 0 bridgehead atoms. The van der Waals surface area contributed by atoms with E-state index in [0.717, 1.165) is 25.1 Å². The second-order valence-electron chi connectivity index (χ2n) is 4.51. The first kappa shape index (κ1) is 14.2. The third kappa shape index (κ3) is 4.48. The average molecular weight is 240 g/mol. The Morgan fingerprint density at radius 3 is 2.88 bits per heavy atom. The van der Waals surface area contributed by atoms with E-state index in [1.165, 1.54) is 26.5 Å². The van der Waals surface area contributed by atoms with E-state index < -0.39 is 0 Å². The van der Waals surface area contributed by atoms with Crippen molar-refractivity contribution >= 4 is 5.97 Å². The first-order valence-corrected chi connectivity index (χ1v) is 6.37. The van der Waals surface area contributed by atoms with E-state index in [4.69, 9.17) is 4.74 Å². The molecule has 1 fully saturated rings. The van der Waals surface area contributed by atoms with Gasteiger partial charge in [0.25, 0.3) is 0 Å². The third-order valence-electron chi connectivity index (χ3n) is 3.37. The fourth-order valence-corrected chi connectivity index (χ4v) is 2.19. The van der Waals surface area contributed by atoms with Crippen LogP contribution in [0.2, 0.25) is 0 Å². The van der Waals surface area contributed by atoms with Crippen molar-refractivity contribution in [3.63, 3.8) is 0 Å². The van der Waals surface area contributed by atoms with Gasteiger partial charge in [-0.05, 0) is 32.9 Å². The first-order valence-electron chi connectivity index (χ1n) is 6.37. The fourth-order valence-electron chi connectivity index (χ4n) is 2.19. The van der Waals surface area contributed by atoms with Crippen LogP contribution in [0, 0.1) is 0 Å². The highest BCUT2D eigenvalue weighted by Gasteiger charge is 2.19. The van der Waals surface area contributed by atoms with Crippen molar-refractivity contribution in [1.29, 1.82) is 0 Å². The second-order valence-corrected chi connectivity index (χ2v) is 4.51. The first-order chi connectivity index (χ1) is 8.19. The van der Waals surface area contributed by atoms with E-state index in [0.29, 0.717) is 6.04 Å². The van der Waals surface area contributed by atoms with Crippen LogP contribution in [0.15, 0.2) is 11.6 Å². The number of esters is 1. The highest BCUT2D eigenvalue weighted by molar-refractivity contribution is 5.88. The molecule has 17 heavy (non-hydrogen) atoms. The van der Waals surface area contributed by atoms with Gasteiger partial charge < -0.3 is 15.0 Å². The van der Waals surface area contributed by atoms with E-state index in [2.05, 4.69) is 17.3 Å². The lowest BCUT2D eigenvalue weighted by Crippen LogP contribution is -2.35. The van der Waals surface area contributed by atoms with Gasteiger partial charge in [-0.1, -0.05) is 13.0 Å². The minimum absolute atomic E-state index is 0.215. The molecule has 1 aliphatic rings. The van der Waals surface area contributed by atoms with Crippen LogP contribution in [0.3, 0.4) is 0 Å². The molecule has 1 atom stereocenters. The van der Waals surface area contributed by atoms with Gasteiger partial charge in [0, 0.05) is 24.7 Å². The van der Waals surface area contributed by atoms with E-state index in [1.54, 1.807) is 0 Å². The zero-order valence-corrected chi connectivity index (χ0v) is 11.2. The van der Waals surface area contributed by atoms with Crippen LogP contribution in [0.5, 0.6) is 0 Å². The summed E-state index contributed by atoms with van der Waals surface area (Å²) in [6, 6.07) is 0.645. The number of methoxy groups -OCH3 is 1. The maximum atomic E-state index is 11.3. The van der Waals surface area contributed by atoms with Crippen molar-refractivity contribution in [3.05, 3.63) is 11.6 Å². The lowest BCUT2D eigenvalue weighted by atomic mass is 10.2. The Bertz CT molecular complexity index is 277. The SMILES string of the molecule is CCC(=CCNCC1CCCN1C)C(=O)OC. The van der Waals surface area contributed by atoms with Crippen LogP contribution in [-0.2, 0) is 9.53 Å². The van der Waals surface area contributed by atoms with Gasteiger partial charge in [0.2, 0.25) is 0 Å². The lowest BCUT2D eigenvalue weighted by Gasteiger charge is -2.19. The van der Waals surface area contributed by atoms with Crippen LogP contribution in [0.4, 0.5) is 0 Å². The molecule has 1 aliphatic heterocycles. The Balaban J connectivity index is 2.25. The molecule has 4 heteroatoms. The minimum atomic E-state index is -0.215. The normalized spacial score (nSPS) is 21.8. The van der Waals surface area contributed by atoms with Crippen LogP contribution in [0.1, 0.15) is 26.2 Å². The Morgan fingerprint density at radius 2 is 2.35 bits per heavy atom. The number of nitrogens with zero attached hydrogens (tertiary/aromatic N) is 1. The molecule has 0 aromatic carbocycles. The van der Waals surface area contributed by atoms with Crippen molar-refractivity contribution in [1.82, 2.24) is 10.2 Å². The van der Waals surface area contributed by atoms with E-state index >= 15 is 0 Å². The number of likely N-dealkylation sites (N-methyl/N-ethyl adjacent to an activating group) is 1. The van der Waals surface area contributed by atoms with Crippen molar-refractivity contribution in [2.75, 3.05) is 33.8 Å². The van der Waals surface area contributed by atoms with Gasteiger partial charge in [-0.15, -0.1) is 0 Å². The maximum absolute atomic E-state index is 11.3. The van der Waals surface area contributed by atoms with Gasteiger partial charge in [-0.25, -0.2) is 4.79 Å². The van der Waals surface area contributed by atoms with Crippen LogP contribution < -0.4 is 5.32 Å². The monoisotopic (exact) mass is 240 g/mol. The molecule has 0 spiro atoms. The summed E-state index contributed by atoms with van der Waals surface area (Å²) < 4.78 is 4.71. The number of carbonyl (C=O) groups excluding carboxylic acids is 1. The number of likely N-dealkylation sites (tertiary alicyclic amines) is 1. The molecule has 0 amide bonds. The van der Waals surface area contributed by atoms with Gasteiger partial charge >= 0.3 is 5.97 Å². The Kier molecular flexibility index (Phi) is 6.22. The number of hydrogen-bond donors (Lipinski definition) is 1. The number of ether oxygens (including phenoxy) is 1. The van der Waals surface area contributed by atoms with E-state index in [-0.39, 0.29) is 5.97 Å². The lowest BCUT2D eigenvalue weighted by molar-refractivity contribution is -0.136. The zero-order chi connectivity index (χ0) is 12.7. The Morgan fingerprint density at radius 1 is 1.59 bits per heavy atom. The molecule has 0 radical (unpaired) electrons. The summed E-state index contributed by atoms with van der Waals surface area (Å²) >= 11 is 0. The summed E-state index contributed by atoms with van der Waals surface area (Å²) in [5.41, 5.74) is 0.750. The summed E-state index contributed by atoms with van der Waals surface area (Å²) in [6.07, 6.45) is 5.21. The second kappa shape index (κ2) is 7.45. The molecule has 0 aliphatic carbocycles. The van der Waals surface area contributed by atoms with Crippen LogP contribution >= 0.6 is 0 Å². The van der Waals surface area contributed by atoms with Crippen LogP contribution in [0.25, 0.3) is 0 Å². The predicted molar refractivity (Wildman–Crippen MR) is 68.9 cm³/mol. The van der Waals surface area contributed by atoms with Crippen molar-refractivity contribution in [2.45, 2.75) is 32.2 Å². The topological polar surface area (TPSA) is 41.6 Å². The summed E-state index contributed by atoms with van der Waals surface area (Å²) in [7, 11) is 3.59. The average Bonchev–Trinajstić information content (AvgIpc) is 2.74. The van der Waals surface area contributed by atoms with E-state index in [9.17, 15) is 4.79 Å². The standard InChI is InChI=1S/C13H24N2O2/c1-4-11(13(16)17-3)7-8-14-10-12-6-5-9-15(12)2/h7,12,14H,4-6,8-10H2,1-3H3. The third-order valence-corrected chi connectivity index (χ3v) is 3.37. The molecule has 1 N–H and O–H groups in total. The quantitative estimate of drug-likeness (QED) is 0.430. The Hall–Kier alpha value is -0.870. The molecule has 1 rings (SSSR count). The molecule has 4 nitrogen and oxygen atoms in total. The number of rotatable bonds is 6. The molecule has 1 unspecified atom stereocenters. The highest BCUT2D eigenvalue weighted by atomic mass is 16.5. The fraction of sp³-hybridized carbons (Fsp3) is 0.769. The summed E-state index contributed by atoms with van der Waals surface area (Å²) in [6.45, 7) is 4.89. The molecule has 98 valence electrons. The van der Waals surface area contributed by atoms with Gasteiger partial charge in [-0.2, -0.15) is 0 Å². The van der Waals surface area contributed by atoms with Gasteiger partial charge in [0.1, 0.15) is 0 Å². The van der Waals surface area contributed by atoms with Gasteiger partial charge in [0.15, 0.2) is 0 Å². The molecular formula is C13H24N2O2. The van der Waals surface area contributed by atoms with Gasteiger partial charge in [0.05, 0.1) is 7.11 Å². The number of nitrogens with one attached hydrogen (secondary N) is 1. The summed E-state index contributed by atoms with van der Waals surface area (Å²) in [5, 5.41) is 3.38. The maximum Gasteiger partial charge on any atom is 0.333 e. The largest absolute Gasteiger partial charge is 0.466 e. The summed E-state index contributed by atoms with van der Waals surface area (Å²) in [4.78, 5) is 13.7. The smallest absolute Gasteiger partial charge is 0.333 e. The predicted octanol–water partition coefficient (Wildman–Crippen LogP) is 1.18. The molecule has 0 aromatic heterocycles. The number of carbonyl (C=O) groups is 1. The number of hydrogen-bond acceptors (Lipinski definition) is 4. The highest BCUT2D eigenvalue weighted by Crippen LogP contribution is 2.13. The van der Waals surface area contributed by atoms with Crippen molar-refractivity contribution in [2.24, 2.45) is 0 Å². The van der Waals surface area contributed by atoms with E-state index in [1.807, 2.05) is 13.0 Å². The Labute approximate surface area is 104 Å². The molecule has 1 saturated heterocycles. The molecule has 0 aromatic rings. The minimum Gasteiger partial charge on any atom is -0.466 e. The van der Waals surface area contributed by atoms with Crippen molar-refractivity contribution in [3.8, 4) is 0 Å².